The SMILES string of the molecule is CNC(=O)c1ccccc1NC(=O)c1ccccc1OCCc1ccccc1. The topological polar surface area (TPSA) is 67.4 Å². The van der Waals surface area contributed by atoms with Crippen molar-refractivity contribution in [3.8, 4) is 5.75 Å². The first kappa shape index (κ1) is 19.2. The van der Waals surface area contributed by atoms with E-state index in [1.54, 1.807) is 49.5 Å². The molecule has 0 saturated heterocycles. The molecule has 0 fully saturated rings. The van der Waals surface area contributed by atoms with Gasteiger partial charge in [0.25, 0.3) is 11.8 Å². The van der Waals surface area contributed by atoms with E-state index in [0.717, 1.165) is 6.42 Å². The van der Waals surface area contributed by atoms with Crippen LogP contribution in [0.25, 0.3) is 0 Å². The molecule has 0 aromatic heterocycles. The highest BCUT2D eigenvalue weighted by Gasteiger charge is 2.16. The van der Waals surface area contributed by atoms with Crippen molar-refractivity contribution < 1.29 is 14.3 Å². The highest BCUT2D eigenvalue weighted by atomic mass is 16.5. The van der Waals surface area contributed by atoms with Crippen LogP contribution in [0, 0.1) is 0 Å². The molecule has 3 aromatic rings. The summed E-state index contributed by atoms with van der Waals surface area (Å²) in [5.74, 6) is -0.0803. The van der Waals surface area contributed by atoms with Crippen LogP contribution in [0.15, 0.2) is 78.9 Å². The summed E-state index contributed by atoms with van der Waals surface area (Å²) in [7, 11) is 1.55. The average molecular weight is 374 g/mol. The Kier molecular flexibility index (Phi) is 6.41. The Morgan fingerprint density at radius 2 is 1.43 bits per heavy atom. The van der Waals surface area contributed by atoms with Crippen LogP contribution in [0.2, 0.25) is 0 Å². The molecule has 142 valence electrons. The Labute approximate surface area is 164 Å². The molecule has 5 nitrogen and oxygen atoms in total. The molecule has 3 aromatic carbocycles. The fraction of sp³-hybridized carbons (Fsp3) is 0.130. The van der Waals surface area contributed by atoms with Crippen LogP contribution in [-0.4, -0.2) is 25.5 Å². The molecule has 0 saturated carbocycles. The number of ether oxygens (including phenoxy) is 1. The van der Waals surface area contributed by atoms with Crippen LogP contribution >= 0.6 is 0 Å². The lowest BCUT2D eigenvalue weighted by atomic mass is 10.1. The molecule has 0 aliphatic rings. The Morgan fingerprint density at radius 1 is 0.786 bits per heavy atom. The summed E-state index contributed by atoms with van der Waals surface area (Å²) in [6, 6.07) is 24.0. The second kappa shape index (κ2) is 9.37. The minimum Gasteiger partial charge on any atom is -0.492 e. The number of benzene rings is 3. The van der Waals surface area contributed by atoms with Crippen molar-refractivity contribution in [2.24, 2.45) is 0 Å². The monoisotopic (exact) mass is 374 g/mol. The molecule has 2 amide bonds. The Bertz CT molecular complexity index is 955. The van der Waals surface area contributed by atoms with Crippen molar-refractivity contribution in [2.45, 2.75) is 6.42 Å². The first-order valence-electron chi connectivity index (χ1n) is 9.07. The van der Waals surface area contributed by atoms with E-state index in [4.69, 9.17) is 4.74 Å². The molecule has 0 unspecified atom stereocenters. The maximum absolute atomic E-state index is 12.8. The second-order valence-corrected chi connectivity index (χ2v) is 6.16. The van der Waals surface area contributed by atoms with Gasteiger partial charge in [0.1, 0.15) is 5.75 Å². The number of anilines is 1. The third-order valence-corrected chi connectivity index (χ3v) is 4.27. The molecule has 0 aliphatic carbocycles. The number of hydrogen-bond donors (Lipinski definition) is 2. The van der Waals surface area contributed by atoms with Crippen molar-refractivity contribution in [1.82, 2.24) is 5.32 Å². The van der Waals surface area contributed by atoms with Gasteiger partial charge >= 0.3 is 0 Å². The van der Waals surface area contributed by atoms with Gasteiger partial charge < -0.3 is 15.4 Å². The summed E-state index contributed by atoms with van der Waals surface area (Å²) >= 11 is 0. The smallest absolute Gasteiger partial charge is 0.259 e. The molecule has 2 N–H and O–H groups in total. The predicted octanol–water partition coefficient (Wildman–Crippen LogP) is 3.92. The molecule has 3 rings (SSSR count). The molecule has 5 heteroatoms. The van der Waals surface area contributed by atoms with Crippen LogP contribution in [0.3, 0.4) is 0 Å². The Hall–Kier alpha value is -3.60. The van der Waals surface area contributed by atoms with E-state index in [1.165, 1.54) is 5.56 Å². The number of carbonyl (C=O) groups is 2. The molecule has 0 heterocycles. The van der Waals surface area contributed by atoms with Crippen molar-refractivity contribution in [1.29, 1.82) is 0 Å². The van der Waals surface area contributed by atoms with Gasteiger partial charge in [0.15, 0.2) is 0 Å². The lowest BCUT2D eigenvalue weighted by molar-refractivity contribution is 0.0964. The molecule has 0 aliphatic heterocycles. The van der Waals surface area contributed by atoms with E-state index < -0.39 is 0 Å². The molecular formula is C23H22N2O3. The normalized spacial score (nSPS) is 10.2. The van der Waals surface area contributed by atoms with E-state index in [1.807, 2.05) is 36.4 Å². The number of hydrogen-bond acceptors (Lipinski definition) is 3. The van der Waals surface area contributed by atoms with Crippen molar-refractivity contribution >= 4 is 17.5 Å². The van der Waals surface area contributed by atoms with E-state index in [0.29, 0.717) is 29.2 Å². The van der Waals surface area contributed by atoms with Crippen molar-refractivity contribution in [3.63, 3.8) is 0 Å². The molecule has 0 bridgehead atoms. The minimum absolute atomic E-state index is 0.261. The summed E-state index contributed by atoms with van der Waals surface area (Å²) in [6.07, 6.45) is 0.746. The van der Waals surface area contributed by atoms with Crippen LogP contribution in [0.4, 0.5) is 5.69 Å². The maximum atomic E-state index is 12.8. The fourth-order valence-corrected chi connectivity index (χ4v) is 2.82. The zero-order valence-electron chi connectivity index (χ0n) is 15.6. The lowest BCUT2D eigenvalue weighted by Gasteiger charge is -2.13. The van der Waals surface area contributed by atoms with Gasteiger partial charge in [0, 0.05) is 13.5 Å². The van der Waals surface area contributed by atoms with Gasteiger partial charge in [-0.05, 0) is 29.8 Å². The quantitative estimate of drug-likeness (QED) is 0.659. The number of carbonyl (C=O) groups excluding carboxylic acids is 2. The van der Waals surface area contributed by atoms with Crippen molar-refractivity contribution in [3.05, 3.63) is 95.6 Å². The maximum Gasteiger partial charge on any atom is 0.259 e. The first-order valence-corrected chi connectivity index (χ1v) is 9.07. The third-order valence-electron chi connectivity index (χ3n) is 4.27. The molecule has 28 heavy (non-hydrogen) atoms. The van der Waals surface area contributed by atoms with Crippen LogP contribution in [0.1, 0.15) is 26.3 Å². The number of nitrogens with one attached hydrogen (secondary N) is 2. The highest BCUT2D eigenvalue weighted by molar-refractivity contribution is 6.10. The summed E-state index contributed by atoms with van der Waals surface area (Å²) in [4.78, 5) is 24.8. The molecule has 0 radical (unpaired) electrons. The van der Waals surface area contributed by atoms with Gasteiger partial charge in [0.2, 0.25) is 0 Å². The largest absolute Gasteiger partial charge is 0.492 e. The predicted molar refractivity (Wildman–Crippen MR) is 110 cm³/mol. The van der Waals surface area contributed by atoms with Crippen LogP contribution in [0.5, 0.6) is 5.75 Å². The average Bonchev–Trinajstić information content (AvgIpc) is 2.74. The first-order chi connectivity index (χ1) is 13.7. The second-order valence-electron chi connectivity index (χ2n) is 6.16. The molecular weight excluding hydrogens is 352 g/mol. The fourth-order valence-electron chi connectivity index (χ4n) is 2.82. The van der Waals surface area contributed by atoms with E-state index in [-0.39, 0.29) is 11.8 Å². The van der Waals surface area contributed by atoms with Gasteiger partial charge in [-0.3, -0.25) is 9.59 Å². The summed E-state index contributed by atoms with van der Waals surface area (Å²) in [5, 5.41) is 5.39. The summed E-state index contributed by atoms with van der Waals surface area (Å²) in [6.45, 7) is 0.461. The number of rotatable bonds is 7. The van der Waals surface area contributed by atoms with E-state index >= 15 is 0 Å². The molecule has 0 atom stereocenters. The molecule has 0 spiro atoms. The zero-order chi connectivity index (χ0) is 19.8. The number of amides is 2. The van der Waals surface area contributed by atoms with Gasteiger partial charge in [-0.2, -0.15) is 0 Å². The third kappa shape index (κ3) is 4.76. The zero-order valence-corrected chi connectivity index (χ0v) is 15.6. The number of para-hydroxylation sites is 2. The van der Waals surface area contributed by atoms with E-state index in [2.05, 4.69) is 10.6 Å². The Morgan fingerprint density at radius 3 is 2.18 bits per heavy atom. The van der Waals surface area contributed by atoms with Gasteiger partial charge in [-0.25, -0.2) is 0 Å². The standard InChI is InChI=1S/C23H22N2O3/c1-24-22(26)18-11-5-7-13-20(18)25-23(27)19-12-6-8-14-21(19)28-16-15-17-9-3-2-4-10-17/h2-14H,15-16H2,1H3,(H,24,26)(H,25,27). The van der Waals surface area contributed by atoms with Crippen LogP contribution < -0.4 is 15.4 Å². The Balaban J connectivity index is 1.72. The lowest BCUT2D eigenvalue weighted by Crippen LogP contribution is -2.21. The van der Waals surface area contributed by atoms with E-state index in [9.17, 15) is 9.59 Å². The van der Waals surface area contributed by atoms with Crippen molar-refractivity contribution in [2.75, 3.05) is 19.0 Å². The minimum atomic E-state index is -0.327. The van der Waals surface area contributed by atoms with Gasteiger partial charge in [-0.1, -0.05) is 54.6 Å². The highest BCUT2D eigenvalue weighted by Crippen LogP contribution is 2.22. The summed E-state index contributed by atoms with van der Waals surface area (Å²) in [5.41, 5.74) is 2.44. The van der Waals surface area contributed by atoms with Gasteiger partial charge in [-0.15, -0.1) is 0 Å². The summed E-state index contributed by atoms with van der Waals surface area (Å²) < 4.78 is 5.86. The van der Waals surface area contributed by atoms with Gasteiger partial charge in [0.05, 0.1) is 23.4 Å². The van der Waals surface area contributed by atoms with Crippen LogP contribution in [-0.2, 0) is 6.42 Å².